The molecule has 2 atom stereocenters. The van der Waals surface area contributed by atoms with Gasteiger partial charge in [-0.05, 0) is 18.8 Å². The summed E-state index contributed by atoms with van der Waals surface area (Å²) in [4.78, 5) is 12.3. The molecule has 0 aromatic rings. The van der Waals surface area contributed by atoms with Crippen LogP contribution < -0.4 is 5.32 Å². The van der Waals surface area contributed by atoms with E-state index in [0.29, 0.717) is 12.8 Å². The Morgan fingerprint density at radius 3 is 1.34 bits per heavy atom. The fourth-order valence-corrected chi connectivity index (χ4v) is 5.37. The molecule has 0 radical (unpaired) electrons. The van der Waals surface area contributed by atoms with Gasteiger partial charge < -0.3 is 15.5 Å². The molecule has 0 heterocycles. The molecule has 228 valence electrons. The Morgan fingerprint density at radius 1 is 0.579 bits per heavy atom. The Balaban J connectivity index is 3.56. The minimum absolute atomic E-state index is 0.0320. The molecule has 0 spiro atoms. The number of carbonyl (C=O) groups excluding carboxylic acids is 1. The third-order valence-electron chi connectivity index (χ3n) is 8.05. The molecule has 0 aromatic heterocycles. The molecular formula is C34H69NO3. The van der Waals surface area contributed by atoms with Crippen molar-refractivity contribution in [2.45, 2.75) is 200 Å². The fraction of sp³-hybridized carbons (Fsp3) is 0.971. The second kappa shape index (κ2) is 29.4. The number of hydrogen-bond donors (Lipinski definition) is 3. The number of unbranched alkanes of at least 4 members (excludes halogenated alkanes) is 21. The van der Waals surface area contributed by atoms with Crippen LogP contribution in [0, 0.1) is 5.92 Å². The molecule has 4 nitrogen and oxygen atoms in total. The van der Waals surface area contributed by atoms with Gasteiger partial charge in [0.1, 0.15) is 0 Å². The molecule has 0 saturated heterocycles. The Bertz CT molecular complexity index is 482. The molecule has 0 saturated carbocycles. The van der Waals surface area contributed by atoms with Crippen LogP contribution in [0.5, 0.6) is 0 Å². The first-order valence-corrected chi connectivity index (χ1v) is 17.1. The fourth-order valence-electron chi connectivity index (χ4n) is 5.37. The van der Waals surface area contributed by atoms with E-state index < -0.39 is 12.1 Å². The summed E-state index contributed by atoms with van der Waals surface area (Å²) in [7, 11) is 0. The van der Waals surface area contributed by atoms with Gasteiger partial charge in [-0.2, -0.15) is 0 Å². The van der Waals surface area contributed by atoms with Gasteiger partial charge in [-0.25, -0.2) is 0 Å². The first kappa shape index (κ1) is 37.4. The molecule has 4 heteroatoms. The quantitative estimate of drug-likeness (QED) is 0.0796. The average molecular weight is 540 g/mol. The number of aliphatic hydroxyl groups is 2. The van der Waals surface area contributed by atoms with Crippen LogP contribution in [0.25, 0.3) is 0 Å². The van der Waals surface area contributed by atoms with Crippen molar-refractivity contribution in [1.29, 1.82) is 0 Å². The summed E-state index contributed by atoms with van der Waals surface area (Å²) in [5.74, 6) is 0.799. The van der Waals surface area contributed by atoms with E-state index in [4.69, 9.17) is 0 Å². The van der Waals surface area contributed by atoms with Gasteiger partial charge in [-0.15, -0.1) is 0 Å². The van der Waals surface area contributed by atoms with E-state index in [1.54, 1.807) is 0 Å². The van der Waals surface area contributed by atoms with Gasteiger partial charge in [-0.1, -0.05) is 168 Å². The molecular weight excluding hydrogens is 470 g/mol. The van der Waals surface area contributed by atoms with E-state index in [0.717, 1.165) is 31.6 Å². The minimum atomic E-state index is -0.652. The highest BCUT2D eigenvalue weighted by molar-refractivity contribution is 5.76. The average Bonchev–Trinajstić information content (AvgIpc) is 2.90. The minimum Gasteiger partial charge on any atom is -0.394 e. The number of hydrogen-bond acceptors (Lipinski definition) is 3. The second-order valence-corrected chi connectivity index (χ2v) is 12.4. The summed E-state index contributed by atoms with van der Waals surface area (Å²) in [6, 6.07) is -0.528. The zero-order valence-electron chi connectivity index (χ0n) is 26.1. The lowest BCUT2D eigenvalue weighted by Crippen LogP contribution is -2.45. The maximum Gasteiger partial charge on any atom is 0.220 e. The largest absolute Gasteiger partial charge is 0.394 e. The van der Waals surface area contributed by atoms with Gasteiger partial charge in [0.2, 0.25) is 5.91 Å². The first-order valence-electron chi connectivity index (χ1n) is 17.1. The van der Waals surface area contributed by atoms with Crippen LogP contribution in [0.3, 0.4) is 0 Å². The van der Waals surface area contributed by atoms with Crippen molar-refractivity contribution >= 4 is 5.91 Å². The highest BCUT2D eigenvalue weighted by Gasteiger charge is 2.19. The van der Waals surface area contributed by atoms with E-state index in [1.165, 1.54) is 128 Å². The number of carbonyl (C=O) groups is 1. The van der Waals surface area contributed by atoms with Gasteiger partial charge in [0.05, 0.1) is 18.8 Å². The molecule has 0 aliphatic carbocycles. The molecule has 0 aliphatic rings. The van der Waals surface area contributed by atoms with Crippen molar-refractivity contribution in [2.24, 2.45) is 5.92 Å². The lowest BCUT2D eigenvalue weighted by atomic mass is 10.0. The summed E-state index contributed by atoms with van der Waals surface area (Å²) < 4.78 is 0. The topological polar surface area (TPSA) is 69.6 Å². The normalized spacial score (nSPS) is 13.2. The highest BCUT2D eigenvalue weighted by atomic mass is 16.3. The van der Waals surface area contributed by atoms with Crippen LogP contribution in [0.15, 0.2) is 0 Å². The van der Waals surface area contributed by atoms with Crippen molar-refractivity contribution in [1.82, 2.24) is 5.32 Å². The van der Waals surface area contributed by atoms with Crippen molar-refractivity contribution in [2.75, 3.05) is 6.61 Å². The monoisotopic (exact) mass is 540 g/mol. The predicted molar refractivity (Wildman–Crippen MR) is 166 cm³/mol. The highest BCUT2D eigenvalue weighted by Crippen LogP contribution is 2.15. The van der Waals surface area contributed by atoms with E-state index in [2.05, 4.69) is 26.1 Å². The summed E-state index contributed by atoms with van der Waals surface area (Å²) >= 11 is 0. The van der Waals surface area contributed by atoms with Crippen molar-refractivity contribution in [3.05, 3.63) is 0 Å². The van der Waals surface area contributed by atoms with Gasteiger partial charge in [0.15, 0.2) is 0 Å². The number of amides is 1. The van der Waals surface area contributed by atoms with Crippen LogP contribution in [-0.2, 0) is 4.79 Å². The van der Waals surface area contributed by atoms with Crippen LogP contribution in [0.4, 0.5) is 0 Å². The third-order valence-corrected chi connectivity index (χ3v) is 8.05. The predicted octanol–water partition coefficient (Wildman–Crippen LogP) is 9.64. The molecule has 38 heavy (non-hydrogen) atoms. The van der Waals surface area contributed by atoms with E-state index in [9.17, 15) is 15.0 Å². The first-order chi connectivity index (χ1) is 18.5. The van der Waals surface area contributed by atoms with Crippen LogP contribution in [0.2, 0.25) is 0 Å². The summed E-state index contributed by atoms with van der Waals surface area (Å²) in [6.07, 6.45) is 31.5. The van der Waals surface area contributed by atoms with Crippen LogP contribution >= 0.6 is 0 Å². The van der Waals surface area contributed by atoms with Crippen molar-refractivity contribution < 1.29 is 15.0 Å². The van der Waals surface area contributed by atoms with Gasteiger partial charge in [0, 0.05) is 6.42 Å². The molecule has 0 aliphatic heterocycles. The number of nitrogens with one attached hydrogen (secondary N) is 1. The molecule has 0 bridgehead atoms. The zero-order chi connectivity index (χ0) is 28.1. The van der Waals surface area contributed by atoms with Gasteiger partial charge in [0.25, 0.3) is 0 Å². The molecule has 3 N–H and O–H groups in total. The number of rotatable bonds is 30. The SMILES string of the molecule is CCCCCCCCCCCCCCCCC(=O)N[C@@H](CO)[C@H](O)CCCCCCCCCCCC(C)C. The Hall–Kier alpha value is -0.610. The summed E-state index contributed by atoms with van der Waals surface area (Å²) in [6.45, 7) is 6.68. The smallest absolute Gasteiger partial charge is 0.220 e. The molecule has 1 amide bonds. The maximum atomic E-state index is 12.3. The Kier molecular flexibility index (Phi) is 28.9. The van der Waals surface area contributed by atoms with Crippen molar-refractivity contribution in [3.8, 4) is 0 Å². The van der Waals surface area contributed by atoms with E-state index >= 15 is 0 Å². The Morgan fingerprint density at radius 2 is 0.947 bits per heavy atom. The Labute approximate surface area is 238 Å². The molecule has 0 aromatic carbocycles. The second-order valence-electron chi connectivity index (χ2n) is 12.4. The number of aliphatic hydroxyl groups excluding tert-OH is 2. The molecule has 0 unspecified atom stereocenters. The standard InChI is InChI=1S/C34H69NO3/c1-4-5-6-7-8-9-10-11-12-13-17-20-23-26-29-34(38)35-32(30-36)33(37)28-25-22-19-16-14-15-18-21-24-27-31(2)3/h31-33,36-37H,4-30H2,1-3H3,(H,35,38)/t32-,33+/m0/s1. The summed E-state index contributed by atoms with van der Waals surface area (Å²) in [5.41, 5.74) is 0. The maximum absolute atomic E-state index is 12.3. The van der Waals surface area contributed by atoms with Crippen LogP contribution in [-0.4, -0.2) is 34.9 Å². The lowest BCUT2D eigenvalue weighted by Gasteiger charge is -2.22. The van der Waals surface area contributed by atoms with E-state index in [-0.39, 0.29) is 12.5 Å². The lowest BCUT2D eigenvalue weighted by molar-refractivity contribution is -0.123. The van der Waals surface area contributed by atoms with Crippen molar-refractivity contribution in [3.63, 3.8) is 0 Å². The summed E-state index contributed by atoms with van der Waals surface area (Å²) in [5, 5.41) is 23.0. The van der Waals surface area contributed by atoms with Gasteiger partial charge >= 0.3 is 0 Å². The zero-order valence-corrected chi connectivity index (χ0v) is 26.1. The molecule has 0 rings (SSSR count). The van der Waals surface area contributed by atoms with E-state index in [1.807, 2.05) is 0 Å². The third kappa shape index (κ3) is 27.0. The molecule has 0 fully saturated rings. The van der Waals surface area contributed by atoms with Crippen LogP contribution in [0.1, 0.15) is 188 Å². The van der Waals surface area contributed by atoms with Gasteiger partial charge in [-0.3, -0.25) is 4.79 Å².